The highest BCUT2D eigenvalue weighted by Crippen LogP contribution is 2.35. The molecule has 4 atom stereocenters. The summed E-state index contributed by atoms with van der Waals surface area (Å²) in [6.07, 6.45) is 21.2. The Morgan fingerprint density at radius 3 is 2.65 bits per heavy atom. The van der Waals surface area contributed by atoms with Crippen LogP contribution < -0.4 is 0 Å². The molecule has 0 aromatic heterocycles. The molecule has 0 amide bonds. The lowest BCUT2D eigenvalue weighted by molar-refractivity contribution is 0.176. The standard InChI is InChI=1S/C25H39N/c1-19-9-8-12-24(14-13-19)25-16-18-26(17-15-20(25)2)22(4)21(3)23-10-6-5-7-11-23/h8-10,13-14,20-22,25H,5-7,11-12,15-18H2,1-4H3. The zero-order valence-electron chi connectivity index (χ0n) is 17.5. The van der Waals surface area contributed by atoms with Crippen molar-refractivity contribution in [1.29, 1.82) is 0 Å². The maximum atomic E-state index is 2.80. The van der Waals surface area contributed by atoms with Crippen molar-refractivity contribution in [2.75, 3.05) is 13.1 Å². The molecule has 1 heteroatoms. The molecule has 0 saturated carbocycles. The number of nitrogens with zero attached hydrogens (tertiary/aromatic N) is 1. The number of likely N-dealkylation sites (tertiary alicyclic amines) is 1. The summed E-state index contributed by atoms with van der Waals surface area (Å²) >= 11 is 0. The second-order valence-corrected chi connectivity index (χ2v) is 9.01. The van der Waals surface area contributed by atoms with Crippen LogP contribution in [-0.4, -0.2) is 24.0 Å². The minimum absolute atomic E-state index is 0.676. The Hall–Kier alpha value is -1.08. The molecule has 1 heterocycles. The largest absolute Gasteiger partial charge is 0.300 e. The highest BCUT2D eigenvalue weighted by molar-refractivity contribution is 5.31. The van der Waals surface area contributed by atoms with Crippen LogP contribution in [0.4, 0.5) is 0 Å². The Morgan fingerprint density at radius 1 is 1.08 bits per heavy atom. The lowest BCUT2D eigenvalue weighted by Gasteiger charge is -2.34. The Bertz CT molecular complexity index is 591. The van der Waals surface area contributed by atoms with E-state index in [0.717, 1.165) is 18.3 Å². The van der Waals surface area contributed by atoms with Crippen LogP contribution in [0.5, 0.6) is 0 Å². The summed E-state index contributed by atoms with van der Waals surface area (Å²) < 4.78 is 0. The van der Waals surface area contributed by atoms with E-state index in [1.807, 2.05) is 0 Å². The van der Waals surface area contributed by atoms with Gasteiger partial charge in [-0.3, -0.25) is 0 Å². The van der Waals surface area contributed by atoms with Crippen LogP contribution in [0.15, 0.2) is 47.1 Å². The molecule has 1 aliphatic heterocycles. The van der Waals surface area contributed by atoms with E-state index in [1.165, 1.54) is 57.2 Å². The van der Waals surface area contributed by atoms with Crippen molar-refractivity contribution < 1.29 is 0 Å². The van der Waals surface area contributed by atoms with E-state index in [4.69, 9.17) is 0 Å². The van der Waals surface area contributed by atoms with Gasteiger partial charge >= 0.3 is 0 Å². The van der Waals surface area contributed by atoms with Gasteiger partial charge in [0.05, 0.1) is 0 Å². The third-order valence-electron chi connectivity index (χ3n) is 7.27. The van der Waals surface area contributed by atoms with Gasteiger partial charge in [-0.25, -0.2) is 0 Å². The molecule has 0 N–H and O–H groups in total. The van der Waals surface area contributed by atoms with Crippen LogP contribution in [0.2, 0.25) is 0 Å². The zero-order chi connectivity index (χ0) is 18.5. The van der Waals surface area contributed by atoms with E-state index in [2.05, 4.69) is 63.0 Å². The van der Waals surface area contributed by atoms with E-state index in [9.17, 15) is 0 Å². The van der Waals surface area contributed by atoms with Crippen LogP contribution >= 0.6 is 0 Å². The summed E-state index contributed by atoms with van der Waals surface area (Å²) in [6.45, 7) is 12.2. The summed E-state index contributed by atoms with van der Waals surface area (Å²) in [4.78, 5) is 2.80. The van der Waals surface area contributed by atoms with E-state index >= 15 is 0 Å². The Morgan fingerprint density at radius 2 is 1.88 bits per heavy atom. The normalized spacial score (nSPS) is 30.5. The fourth-order valence-corrected chi connectivity index (χ4v) is 5.15. The monoisotopic (exact) mass is 353 g/mol. The van der Waals surface area contributed by atoms with E-state index in [0.29, 0.717) is 12.0 Å². The lowest BCUT2D eigenvalue weighted by Crippen LogP contribution is -2.39. The predicted molar refractivity (Wildman–Crippen MR) is 114 cm³/mol. The van der Waals surface area contributed by atoms with Crippen LogP contribution in [0.3, 0.4) is 0 Å². The van der Waals surface area contributed by atoms with Crippen LogP contribution in [0.1, 0.15) is 72.6 Å². The summed E-state index contributed by atoms with van der Waals surface area (Å²) in [5, 5.41) is 0. The summed E-state index contributed by atoms with van der Waals surface area (Å²) in [5.41, 5.74) is 4.77. The molecule has 1 fully saturated rings. The quantitative estimate of drug-likeness (QED) is 0.509. The van der Waals surface area contributed by atoms with Crippen LogP contribution in [-0.2, 0) is 0 Å². The first-order valence-electron chi connectivity index (χ1n) is 11.0. The van der Waals surface area contributed by atoms with Crippen molar-refractivity contribution in [2.24, 2.45) is 17.8 Å². The van der Waals surface area contributed by atoms with E-state index in [-0.39, 0.29) is 0 Å². The lowest BCUT2D eigenvalue weighted by atomic mass is 9.82. The SMILES string of the molecule is CC1=CC=C(C2CCN(C(C)C(C)C3=CCCCC3)CCC2C)CC=C1. The number of allylic oxidation sites excluding steroid dienone is 7. The Labute approximate surface area is 161 Å². The van der Waals surface area contributed by atoms with Crippen molar-refractivity contribution in [2.45, 2.75) is 78.7 Å². The fraction of sp³-hybridized carbons (Fsp3) is 0.680. The first kappa shape index (κ1) is 19.7. The molecule has 1 saturated heterocycles. The summed E-state index contributed by atoms with van der Waals surface area (Å²) in [7, 11) is 0. The molecule has 0 aromatic carbocycles. The van der Waals surface area contributed by atoms with Gasteiger partial charge in [-0.15, -0.1) is 0 Å². The summed E-state index contributed by atoms with van der Waals surface area (Å²) in [5.74, 6) is 2.26. The molecule has 0 spiro atoms. The smallest absolute Gasteiger partial charge is 0.0130 e. The van der Waals surface area contributed by atoms with Crippen LogP contribution in [0.25, 0.3) is 0 Å². The van der Waals surface area contributed by atoms with Gasteiger partial charge in [-0.1, -0.05) is 60.9 Å². The molecular weight excluding hydrogens is 314 g/mol. The molecular formula is C25H39N. The van der Waals surface area contributed by atoms with Gasteiger partial charge in [-0.05, 0) is 89.6 Å². The molecule has 144 valence electrons. The van der Waals surface area contributed by atoms with Crippen molar-refractivity contribution >= 4 is 0 Å². The highest BCUT2D eigenvalue weighted by Gasteiger charge is 2.30. The molecule has 0 aromatic rings. The Balaban J connectivity index is 1.65. The van der Waals surface area contributed by atoms with Crippen LogP contribution in [0, 0.1) is 17.8 Å². The second kappa shape index (κ2) is 9.22. The first-order valence-corrected chi connectivity index (χ1v) is 11.0. The van der Waals surface area contributed by atoms with Crippen molar-refractivity contribution in [1.82, 2.24) is 4.90 Å². The number of hydrogen-bond acceptors (Lipinski definition) is 1. The van der Waals surface area contributed by atoms with Gasteiger partial charge < -0.3 is 4.90 Å². The maximum Gasteiger partial charge on any atom is 0.0130 e. The van der Waals surface area contributed by atoms with Crippen molar-refractivity contribution in [3.8, 4) is 0 Å². The van der Waals surface area contributed by atoms with Gasteiger partial charge in [0.15, 0.2) is 0 Å². The molecule has 0 radical (unpaired) electrons. The molecule has 4 unspecified atom stereocenters. The Kier molecular flexibility index (Phi) is 6.98. The molecule has 26 heavy (non-hydrogen) atoms. The van der Waals surface area contributed by atoms with Gasteiger partial charge in [0.2, 0.25) is 0 Å². The van der Waals surface area contributed by atoms with E-state index < -0.39 is 0 Å². The second-order valence-electron chi connectivity index (χ2n) is 9.01. The summed E-state index contributed by atoms with van der Waals surface area (Å²) in [6, 6.07) is 0.676. The topological polar surface area (TPSA) is 3.24 Å². The third-order valence-corrected chi connectivity index (χ3v) is 7.27. The van der Waals surface area contributed by atoms with Gasteiger partial charge in [0.25, 0.3) is 0 Å². The molecule has 3 aliphatic rings. The highest BCUT2D eigenvalue weighted by atomic mass is 15.2. The minimum atomic E-state index is 0.676. The molecule has 1 nitrogen and oxygen atoms in total. The van der Waals surface area contributed by atoms with E-state index in [1.54, 1.807) is 11.1 Å². The minimum Gasteiger partial charge on any atom is -0.300 e. The average Bonchev–Trinajstić information content (AvgIpc) is 2.99. The molecule has 2 aliphatic carbocycles. The zero-order valence-corrected chi connectivity index (χ0v) is 17.5. The fourth-order valence-electron chi connectivity index (χ4n) is 5.15. The average molecular weight is 354 g/mol. The van der Waals surface area contributed by atoms with Crippen molar-refractivity contribution in [3.63, 3.8) is 0 Å². The maximum absolute atomic E-state index is 2.80. The molecule has 3 rings (SSSR count). The van der Waals surface area contributed by atoms with Gasteiger partial charge in [-0.2, -0.15) is 0 Å². The molecule has 0 bridgehead atoms. The number of rotatable bonds is 4. The van der Waals surface area contributed by atoms with Gasteiger partial charge in [0, 0.05) is 6.04 Å². The van der Waals surface area contributed by atoms with Crippen molar-refractivity contribution in [3.05, 3.63) is 47.1 Å². The van der Waals surface area contributed by atoms with Gasteiger partial charge in [0.1, 0.15) is 0 Å². The number of hydrogen-bond donors (Lipinski definition) is 0. The first-order chi connectivity index (χ1) is 12.6. The third kappa shape index (κ3) is 4.80. The predicted octanol–water partition coefficient (Wildman–Crippen LogP) is 6.69.